The van der Waals surface area contributed by atoms with Gasteiger partial charge in [0.1, 0.15) is 0 Å². The number of halogens is 1. The van der Waals surface area contributed by atoms with Crippen LogP contribution in [0.1, 0.15) is 30.9 Å². The molecule has 0 bridgehead atoms. The summed E-state index contributed by atoms with van der Waals surface area (Å²) in [7, 11) is 1.88. The molecule has 1 N–H and O–H groups in total. The number of aryl methyl sites for hydroxylation is 1. The predicted molar refractivity (Wildman–Crippen MR) is 102 cm³/mol. The molecule has 3 nitrogen and oxygen atoms in total. The SMILES string of the molecule is CN=C(NCCc1ccc(C)cc1)N1CCCC(C)C1.I. The fourth-order valence-corrected chi connectivity index (χ4v) is 2.79. The number of piperidine rings is 1. The van der Waals surface area contributed by atoms with E-state index in [1.807, 2.05) is 7.05 Å². The van der Waals surface area contributed by atoms with Gasteiger partial charge in [0.15, 0.2) is 5.96 Å². The van der Waals surface area contributed by atoms with Crippen LogP contribution in [0.4, 0.5) is 0 Å². The highest BCUT2D eigenvalue weighted by atomic mass is 127. The molecule has 118 valence electrons. The highest BCUT2D eigenvalue weighted by molar-refractivity contribution is 14.0. The van der Waals surface area contributed by atoms with Gasteiger partial charge in [-0.25, -0.2) is 0 Å². The smallest absolute Gasteiger partial charge is 0.193 e. The van der Waals surface area contributed by atoms with Crippen LogP contribution in [0.2, 0.25) is 0 Å². The second-order valence-corrected chi connectivity index (χ2v) is 5.90. The molecule has 2 rings (SSSR count). The van der Waals surface area contributed by atoms with Crippen LogP contribution < -0.4 is 5.32 Å². The van der Waals surface area contributed by atoms with Crippen molar-refractivity contribution in [3.8, 4) is 0 Å². The van der Waals surface area contributed by atoms with E-state index in [2.05, 4.69) is 53.3 Å². The van der Waals surface area contributed by atoms with Crippen molar-refractivity contribution >= 4 is 29.9 Å². The average molecular weight is 401 g/mol. The van der Waals surface area contributed by atoms with E-state index in [0.29, 0.717) is 0 Å². The van der Waals surface area contributed by atoms with E-state index in [1.54, 1.807) is 0 Å². The Labute approximate surface area is 146 Å². The third-order valence-corrected chi connectivity index (χ3v) is 3.99. The maximum atomic E-state index is 4.42. The van der Waals surface area contributed by atoms with E-state index >= 15 is 0 Å². The number of guanidine groups is 1. The molecule has 1 atom stereocenters. The summed E-state index contributed by atoms with van der Waals surface area (Å²) in [6.07, 6.45) is 3.67. The van der Waals surface area contributed by atoms with Crippen LogP contribution in [0.3, 0.4) is 0 Å². The zero-order valence-electron chi connectivity index (χ0n) is 13.4. The molecule has 4 heteroatoms. The Hall–Kier alpha value is -0.780. The number of aliphatic imine (C=N–C) groups is 1. The molecule has 1 heterocycles. The number of hydrogen-bond donors (Lipinski definition) is 1. The lowest BCUT2D eigenvalue weighted by Crippen LogP contribution is -2.46. The van der Waals surface area contributed by atoms with Gasteiger partial charge in [0.2, 0.25) is 0 Å². The normalized spacial score (nSPS) is 19.1. The van der Waals surface area contributed by atoms with Crippen LogP contribution in [0.25, 0.3) is 0 Å². The van der Waals surface area contributed by atoms with Crippen LogP contribution in [0.15, 0.2) is 29.3 Å². The van der Waals surface area contributed by atoms with Crippen molar-refractivity contribution < 1.29 is 0 Å². The molecule has 0 aliphatic carbocycles. The van der Waals surface area contributed by atoms with Crippen LogP contribution in [0.5, 0.6) is 0 Å². The van der Waals surface area contributed by atoms with Crippen LogP contribution in [-0.4, -0.2) is 37.5 Å². The maximum Gasteiger partial charge on any atom is 0.193 e. The third-order valence-electron chi connectivity index (χ3n) is 3.99. The van der Waals surface area contributed by atoms with Crippen LogP contribution >= 0.6 is 24.0 Å². The van der Waals surface area contributed by atoms with Gasteiger partial charge in [-0.1, -0.05) is 36.8 Å². The molecule has 1 fully saturated rings. The first-order valence-electron chi connectivity index (χ1n) is 7.70. The van der Waals surface area contributed by atoms with Gasteiger partial charge in [-0.15, -0.1) is 24.0 Å². The topological polar surface area (TPSA) is 27.6 Å². The van der Waals surface area contributed by atoms with Gasteiger partial charge in [0.25, 0.3) is 0 Å². The molecule has 1 aliphatic heterocycles. The zero-order chi connectivity index (χ0) is 14.4. The minimum Gasteiger partial charge on any atom is -0.356 e. The molecule has 1 unspecified atom stereocenters. The van der Waals surface area contributed by atoms with Gasteiger partial charge in [0.05, 0.1) is 0 Å². The number of rotatable bonds is 3. The van der Waals surface area contributed by atoms with Crippen molar-refractivity contribution in [1.29, 1.82) is 0 Å². The fourth-order valence-electron chi connectivity index (χ4n) is 2.79. The summed E-state index contributed by atoms with van der Waals surface area (Å²) in [5, 5.41) is 3.50. The van der Waals surface area contributed by atoms with E-state index in [1.165, 1.54) is 24.0 Å². The molecule has 0 radical (unpaired) electrons. The van der Waals surface area contributed by atoms with Gasteiger partial charge in [-0.05, 0) is 37.7 Å². The number of nitrogens with one attached hydrogen (secondary N) is 1. The minimum absolute atomic E-state index is 0. The number of likely N-dealkylation sites (tertiary alicyclic amines) is 1. The monoisotopic (exact) mass is 401 g/mol. The Balaban J connectivity index is 0.00000220. The Morgan fingerprint density at radius 3 is 2.67 bits per heavy atom. The molecule has 0 spiro atoms. The maximum absolute atomic E-state index is 4.42. The minimum atomic E-state index is 0. The van der Waals surface area contributed by atoms with E-state index in [0.717, 1.165) is 37.9 Å². The van der Waals surface area contributed by atoms with Crippen molar-refractivity contribution in [1.82, 2.24) is 10.2 Å². The van der Waals surface area contributed by atoms with Crippen molar-refractivity contribution in [3.05, 3.63) is 35.4 Å². The van der Waals surface area contributed by atoms with Crippen molar-refractivity contribution in [2.45, 2.75) is 33.1 Å². The summed E-state index contributed by atoms with van der Waals surface area (Å²) in [4.78, 5) is 6.82. The quantitative estimate of drug-likeness (QED) is 0.477. The molecule has 0 saturated carbocycles. The lowest BCUT2D eigenvalue weighted by atomic mass is 10.0. The van der Waals surface area contributed by atoms with Crippen molar-refractivity contribution in [2.24, 2.45) is 10.9 Å². The Morgan fingerprint density at radius 1 is 1.33 bits per heavy atom. The molecule has 21 heavy (non-hydrogen) atoms. The summed E-state index contributed by atoms with van der Waals surface area (Å²) < 4.78 is 0. The first-order chi connectivity index (χ1) is 9.69. The Bertz CT molecular complexity index is 442. The summed E-state index contributed by atoms with van der Waals surface area (Å²) in [6, 6.07) is 8.78. The predicted octanol–water partition coefficient (Wildman–Crippen LogP) is 3.46. The summed E-state index contributed by atoms with van der Waals surface area (Å²) in [6.45, 7) is 7.66. The van der Waals surface area contributed by atoms with Gasteiger partial charge in [-0.2, -0.15) is 0 Å². The van der Waals surface area contributed by atoms with E-state index in [-0.39, 0.29) is 24.0 Å². The second kappa shape index (κ2) is 9.28. The van der Waals surface area contributed by atoms with Crippen molar-refractivity contribution in [2.75, 3.05) is 26.7 Å². The Kier molecular flexibility index (Phi) is 8.07. The fraction of sp³-hybridized carbons (Fsp3) is 0.588. The second-order valence-electron chi connectivity index (χ2n) is 5.90. The average Bonchev–Trinajstić information content (AvgIpc) is 2.45. The number of benzene rings is 1. The molecule has 1 aromatic rings. The highest BCUT2D eigenvalue weighted by Crippen LogP contribution is 2.15. The van der Waals surface area contributed by atoms with Gasteiger partial charge < -0.3 is 10.2 Å². The van der Waals surface area contributed by atoms with Crippen molar-refractivity contribution in [3.63, 3.8) is 0 Å². The first kappa shape index (κ1) is 18.3. The molecule has 1 aromatic carbocycles. The van der Waals surface area contributed by atoms with Crippen LogP contribution in [-0.2, 0) is 6.42 Å². The summed E-state index contributed by atoms with van der Waals surface area (Å²) in [5.41, 5.74) is 2.70. The third kappa shape index (κ3) is 5.85. The van der Waals surface area contributed by atoms with Gasteiger partial charge in [0, 0.05) is 26.7 Å². The van der Waals surface area contributed by atoms with Gasteiger partial charge in [-0.3, -0.25) is 4.99 Å². The number of hydrogen-bond acceptors (Lipinski definition) is 1. The van der Waals surface area contributed by atoms with E-state index < -0.39 is 0 Å². The Morgan fingerprint density at radius 2 is 2.05 bits per heavy atom. The zero-order valence-corrected chi connectivity index (χ0v) is 15.8. The molecular weight excluding hydrogens is 373 g/mol. The molecule has 0 amide bonds. The molecule has 1 saturated heterocycles. The standard InChI is InChI=1S/C17H27N3.HI/c1-14-6-8-16(9-7-14)10-11-19-17(18-3)20-12-4-5-15(2)13-20;/h6-9,15H,4-5,10-13H2,1-3H3,(H,18,19);1H. The molecule has 1 aliphatic rings. The first-order valence-corrected chi connectivity index (χ1v) is 7.70. The number of nitrogens with zero attached hydrogens (tertiary/aromatic N) is 2. The summed E-state index contributed by atoms with van der Waals surface area (Å²) in [5.74, 6) is 1.84. The largest absolute Gasteiger partial charge is 0.356 e. The highest BCUT2D eigenvalue weighted by Gasteiger charge is 2.18. The molecular formula is C17H28IN3. The lowest BCUT2D eigenvalue weighted by Gasteiger charge is -2.33. The summed E-state index contributed by atoms with van der Waals surface area (Å²) >= 11 is 0. The van der Waals surface area contributed by atoms with Gasteiger partial charge >= 0.3 is 0 Å². The van der Waals surface area contributed by atoms with Crippen LogP contribution in [0, 0.1) is 12.8 Å². The molecule has 0 aromatic heterocycles. The van der Waals surface area contributed by atoms with E-state index in [9.17, 15) is 0 Å². The lowest BCUT2D eigenvalue weighted by molar-refractivity contribution is 0.266. The van der Waals surface area contributed by atoms with E-state index in [4.69, 9.17) is 0 Å².